The summed E-state index contributed by atoms with van der Waals surface area (Å²) < 4.78 is 76.3. The molecular formula is C47H58F4N10O7S5. The number of H-pyrrole nitrogens is 2. The molecule has 17 nitrogen and oxygen atoms in total. The molecule has 0 saturated carbocycles. The maximum absolute atomic E-state index is 16.8. The molecule has 0 spiro atoms. The van der Waals surface area contributed by atoms with E-state index in [0.717, 1.165) is 23.1 Å². The van der Waals surface area contributed by atoms with E-state index in [-0.39, 0.29) is 100.0 Å². The molecule has 0 aliphatic carbocycles. The fourth-order valence-electron chi connectivity index (χ4n) is 9.48. The molecule has 7 heterocycles. The lowest BCUT2D eigenvalue weighted by Crippen LogP contribution is -2.51. The maximum Gasteiger partial charge on any atom is 0.434 e. The normalized spacial score (nSPS) is 17.8. The van der Waals surface area contributed by atoms with Crippen LogP contribution in [0.25, 0.3) is 44.7 Å². The number of hydrogen-bond acceptors (Lipinski definition) is 11. The third-order valence-electron chi connectivity index (χ3n) is 12.9. The number of methoxy groups -OCH3 is 2. The maximum atomic E-state index is 16.8. The molecule has 0 radical (unpaired) electrons. The number of carbonyl (C=O) groups excluding carboxylic acids is 4. The molecule has 3 aliphatic heterocycles. The third-order valence-corrected chi connectivity index (χ3v) is 13.8. The number of nitrogens with one attached hydrogen (secondary N) is 4. The summed E-state index contributed by atoms with van der Waals surface area (Å²) >= 11 is 0.772. The van der Waals surface area contributed by atoms with Crippen LogP contribution in [0.2, 0.25) is 0 Å². The van der Waals surface area contributed by atoms with Crippen LogP contribution in [0.4, 0.5) is 27.2 Å². The fourth-order valence-corrected chi connectivity index (χ4v) is 10.3. The molecule has 1 unspecified atom stereocenters. The molecule has 5 atom stereocenters. The van der Waals surface area contributed by atoms with Crippen LogP contribution >= 0.6 is 65.3 Å². The molecule has 6 aromatic rings. The summed E-state index contributed by atoms with van der Waals surface area (Å²) in [4.78, 5) is 74.9. The molecule has 9 rings (SSSR count). The van der Waals surface area contributed by atoms with Gasteiger partial charge in [-0.25, -0.2) is 28.9 Å². The molecule has 396 valence electrons. The predicted octanol–water partition coefficient (Wildman–Crippen LogP) is 9.18. The van der Waals surface area contributed by atoms with Crippen molar-refractivity contribution in [3.8, 4) is 39.5 Å². The van der Waals surface area contributed by atoms with Gasteiger partial charge in [0.15, 0.2) is 10.7 Å². The lowest BCUT2D eigenvalue weighted by Gasteiger charge is -2.30. The van der Waals surface area contributed by atoms with Crippen LogP contribution in [0.5, 0.6) is 5.75 Å². The summed E-state index contributed by atoms with van der Waals surface area (Å²) in [5, 5.41) is 6.82. The molecule has 2 fully saturated rings. The quantitative estimate of drug-likeness (QED) is 0.0907. The molecule has 4 N–H and O–H groups in total. The Kier molecular flexibility index (Phi) is 18.6. The number of carbonyl (C=O) groups is 4. The highest BCUT2D eigenvalue weighted by Crippen LogP contribution is 2.48. The number of hydrogen-bond donors (Lipinski definition) is 4. The first-order chi connectivity index (χ1) is 32.9. The zero-order chi connectivity index (χ0) is 49.1. The third kappa shape index (κ3) is 11.3. The van der Waals surface area contributed by atoms with Gasteiger partial charge in [-0.3, -0.25) is 14.2 Å². The zero-order valence-corrected chi connectivity index (χ0v) is 45.3. The number of alkyl carbamates (subject to hydrolysis) is 2. The smallest absolute Gasteiger partial charge is 0.434 e. The van der Waals surface area contributed by atoms with Gasteiger partial charge in [0.05, 0.1) is 66.9 Å². The Labute approximate surface area is 449 Å². The van der Waals surface area contributed by atoms with Crippen LogP contribution in [0.3, 0.4) is 0 Å². The number of amides is 4. The number of halogens is 4. The Balaban J connectivity index is 0.00000247. The largest absolute Gasteiger partial charge is 0.462 e. The van der Waals surface area contributed by atoms with Gasteiger partial charge in [0.2, 0.25) is 18.0 Å². The Bertz CT molecular complexity index is 2960. The van der Waals surface area contributed by atoms with Crippen molar-refractivity contribution in [2.75, 3.05) is 27.3 Å². The SMILES string of the molecule is COC(=O)N[C@H](C(=O)N1CCC[C@H]1c1ncc(-c2cc(F)c3c(c2)OC(c2nc(C(F)(F)F)cs2)n2c-3cc3cc(-c4cnc([C@@H]5CCCN5C(=O)[C@@H](NC(=O)OC)C(C)C)[nH]4)ccc32)[nH]1)C(C)C.S.S.S.S. The second-order valence-corrected chi connectivity index (χ2v) is 18.9. The van der Waals surface area contributed by atoms with Crippen LogP contribution in [-0.2, 0) is 25.2 Å². The molecule has 2 aromatic carbocycles. The zero-order valence-electron chi connectivity index (χ0n) is 40.4. The minimum Gasteiger partial charge on any atom is -0.462 e. The number of imidazole rings is 2. The lowest BCUT2D eigenvalue weighted by atomic mass is 10.0. The summed E-state index contributed by atoms with van der Waals surface area (Å²) in [5.41, 5.74) is 1.96. The van der Waals surface area contributed by atoms with Crippen LogP contribution < -0.4 is 15.4 Å². The molecule has 4 amide bonds. The van der Waals surface area contributed by atoms with Crippen molar-refractivity contribution in [1.82, 2.24) is 49.9 Å². The van der Waals surface area contributed by atoms with E-state index in [4.69, 9.17) is 14.2 Å². The van der Waals surface area contributed by atoms with Gasteiger partial charge in [-0.05, 0) is 67.9 Å². The van der Waals surface area contributed by atoms with Crippen molar-refractivity contribution in [2.24, 2.45) is 11.8 Å². The number of thiazole rings is 1. The number of ether oxygens (including phenoxy) is 3. The van der Waals surface area contributed by atoms with Gasteiger partial charge in [-0.2, -0.15) is 67.2 Å². The molecular weight excluding hydrogens is 1050 g/mol. The van der Waals surface area contributed by atoms with Crippen LogP contribution in [0.1, 0.15) is 94.0 Å². The Morgan fingerprint density at radius 2 is 1.32 bits per heavy atom. The molecule has 73 heavy (non-hydrogen) atoms. The summed E-state index contributed by atoms with van der Waals surface area (Å²) in [6, 6.07) is 7.62. The summed E-state index contributed by atoms with van der Waals surface area (Å²) in [6.45, 7) is 8.22. The van der Waals surface area contributed by atoms with Crippen molar-refractivity contribution < 1.29 is 51.0 Å². The second kappa shape index (κ2) is 23.3. The fraction of sp³-hybridized carbons (Fsp3) is 0.426. The topological polar surface area (TPSA) is 202 Å². The van der Waals surface area contributed by atoms with E-state index in [1.54, 1.807) is 38.8 Å². The molecule has 26 heteroatoms. The summed E-state index contributed by atoms with van der Waals surface area (Å²) in [5.74, 6) is -0.577. The summed E-state index contributed by atoms with van der Waals surface area (Å²) in [7, 11) is 2.46. The van der Waals surface area contributed by atoms with Gasteiger partial charge in [0, 0.05) is 35.0 Å². The molecule has 2 saturated heterocycles. The number of alkyl halides is 3. The van der Waals surface area contributed by atoms with Gasteiger partial charge in [0.25, 0.3) is 0 Å². The van der Waals surface area contributed by atoms with Gasteiger partial charge in [0.1, 0.15) is 35.3 Å². The summed E-state index contributed by atoms with van der Waals surface area (Å²) in [6.07, 6.45) is -1.54. The van der Waals surface area contributed by atoms with Crippen LogP contribution in [0.15, 0.2) is 54.2 Å². The minimum absolute atomic E-state index is 0. The number of aromatic nitrogens is 6. The molecule has 3 aliphatic rings. The highest BCUT2D eigenvalue weighted by molar-refractivity contribution is 7.59. The number of nitrogens with zero attached hydrogens (tertiary/aromatic N) is 6. The molecule has 0 bridgehead atoms. The Morgan fingerprint density at radius 1 is 0.781 bits per heavy atom. The Morgan fingerprint density at radius 3 is 1.81 bits per heavy atom. The van der Waals surface area contributed by atoms with E-state index in [0.29, 0.717) is 83.1 Å². The second-order valence-electron chi connectivity index (χ2n) is 18.0. The van der Waals surface area contributed by atoms with Gasteiger partial charge < -0.3 is 44.6 Å². The van der Waals surface area contributed by atoms with Gasteiger partial charge in [-0.1, -0.05) is 33.8 Å². The number of fused-ring (bicyclic) bond motifs is 5. The number of rotatable bonds is 11. The first-order valence-corrected chi connectivity index (χ1v) is 23.4. The average molecular weight is 1110 g/mol. The monoisotopic (exact) mass is 1110 g/mol. The molecule has 4 aromatic heterocycles. The first kappa shape index (κ1) is 58.3. The highest BCUT2D eigenvalue weighted by Gasteiger charge is 2.41. The van der Waals surface area contributed by atoms with Crippen LogP contribution in [-0.4, -0.2) is 103 Å². The van der Waals surface area contributed by atoms with Crippen molar-refractivity contribution in [3.63, 3.8) is 0 Å². The number of aromatic amines is 2. The van der Waals surface area contributed by atoms with E-state index < -0.39 is 54.2 Å². The Hall–Kier alpha value is -5.57. The van der Waals surface area contributed by atoms with E-state index in [9.17, 15) is 32.3 Å². The highest BCUT2D eigenvalue weighted by atomic mass is 32.1. The van der Waals surface area contributed by atoms with E-state index >= 15 is 4.39 Å². The van der Waals surface area contributed by atoms with Crippen LogP contribution in [0, 0.1) is 17.7 Å². The lowest BCUT2D eigenvalue weighted by molar-refractivity contribution is -0.141. The van der Waals surface area contributed by atoms with Crippen molar-refractivity contribution >= 4 is 100 Å². The van der Waals surface area contributed by atoms with Crippen molar-refractivity contribution in [3.05, 3.63) is 82.3 Å². The standard InChI is InChI=1S/C47H50F4N10O7S.4H2S/c1-22(2)37(57-45(64)66-5)42(62)59-13-7-9-31(59)39-52-19-28(54-39)24-11-12-30-26(15-24)17-33-36-27(48)16-25(18-34(36)68-44(61(30)33)41-56-35(21-69-41)47(49,50)51)29-20-53-40(55-29)32-10-8-14-60(32)43(63)38(23(3)4)58-46(65)67-6;;;;/h11-12,15-23,31-32,37-38,44H,7-10,13-14H2,1-6H3,(H,52,54)(H,53,55)(H,57,64)(H,58,65);4*1H2/t31-,32-,37-,38-,44?;;;;/m0..../s1. The predicted molar refractivity (Wildman–Crippen MR) is 286 cm³/mol. The first-order valence-electron chi connectivity index (χ1n) is 22.5. The van der Waals surface area contributed by atoms with E-state index in [2.05, 4.69) is 35.6 Å². The minimum atomic E-state index is -4.72. The van der Waals surface area contributed by atoms with Gasteiger partial charge >= 0.3 is 18.4 Å². The van der Waals surface area contributed by atoms with E-state index in [1.807, 2.05) is 39.8 Å². The van der Waals surface area contributed by atoms with E-state index in [1.165, 1.54) is 26.5 Å². The van der Waals surface area contributed by atoms with Crippen molar-refractivity contribution in [2.45, 2.75) is 89.9 Å². The number of likely N-dealkylation sites (tertiary alicyclic amines) is 2. The average Bonchev–Trinajstić information content (AvgIpc) is 4.18. The number of benzene rings is 2. The van der Waals surface area contributed by atoms with Gasteiger partial charge in [-0.15, -0.1) is 11.3 Å². The van der Waals surface area contributed by atoms with Crippen molar-refractivity contribution in [1.29, 1.82) is 0 Å².